The maximum absolute atomic E-state index is 12.1. The van der Waals surface area contributed by atoms with Gasteiger partial charge < -0.3 is 19.1 Å². The number of imidazole rings is 1. The number of aryl methyl sites for hydroxylation is 1. The Morgan fingerprint density at radius 2 is 2.00 bits per heavy atom. The number of nitrogens with zero attached hydrogens (tertiary/aromatic N) is 5. The SMILES string of the molecule is Cn1cnc(C2=Cc3c(N4CCN(C(=O)OC5CC5)CC4)ccnc3C2)c1. The summed E-state index contributed by atoms with van der Waals surface area (Å²) in [6.07, 6.45) is 10.8. The van der Waals surface area contributed by atoms with Crippen LogP contribution in [0.5, 0.6) is 0 Å². The molecule has 2 aromatic rings. The van der Waals surface area contributed by atoms with Crippen LogP contribution < -0.4 is 4.90 Å². The Hall–Kier alpha value is -2.83. The van der Waals surface area contributed by atoms with Gasteiger partial charge in [0.1, 0.15) is 6.10 Å². The van der Waals surface area contributed by atoms with Crippen LogP contribution in [-0.2, 0) is 18.2 Å². The number of hydrogen-bond acceptors (Lipinski definition) is 5. The third-order valence-corrected chi connectivity index (χ3v) is 5.43. The summed E-state index contributed by atoms with van der Waals surface area (Å²) in [6.45, 7) is 3.00. The first-order chi connectivity index (χ1) is 13.2. The molecule has 3 aliphatic rings. The molecule has 0 N–H and O–H groups in total. The van der Waals surface area contributed by atoms with E-state index in [1.54, 1.807) is 0 Å². The van der Waals surface area contributed by atoms with Crippen molar-refractivity contribution < 1.29 is 9.53 Å². The van der Waals surface area contributed by atoms with Gasteiger partial charge in [-0.05, 0) is 30.6 Å². The summed E-state index contributed by atoms with van der Waals surface area (Å²) in [5, 5.41) is 0. The number of carbonyl (C=O) groups excluding carboxylic acids is 1. The third-order valence-electron chi connectivity index (χ3n) is 5.43. The van der Waals surface area contributed by atoms with Crippen LogP contribution >= 0.6 is 0 Å². The Balaban J connectivity index is 1.32. The molecular formula is C20H23N5O2. The van der Waals surface area contributed by atoms with Crippen LogP contribution in [0.3, 0.4) is 0 Å². The number of pyridine rings is 1. The summed E-state index contributed by atoms with van der Waals surface area (Å²) in [4.78, 5) is 25.4. The van der Waals surface area contributed by atoms with E-state index in [9.17, 15) is 4.79 Å². The van der Waals surface area contributed by atoms with Crippen molar-refractivity contribution in [1.29, 1.82) is 0 Å². The quantitative estimate of drug-likeness (QED) is 0.835. The predicted octanol–water partition coefficient (Wildman–Crippen LogP) is 2.33. The molecule has 0 unspecified atom stereocenters. The molecule has 27 heavy (non-hydrogen) atoms. The van der Waals surface area contributed by atoms with Crippen molar-refractivity contribution in [2.45, 2.75) is 25.4 Å². The topological polar surface area (TPSA) is 63.5 Å². The minimum absolute atomic E-state index is 0.158. The van der Waals surface area contributed by atoms with Gasteiger partial charge in [0.25, 0.3) is 0 Å². The molecule has 2 aliphatic carbocycles. The van der Waals surface area contributed by atoms with Gasteiger partial charge in [0, 0.05) is 63.3 Å². The zero-order chi connectivity index (χ0) is 18.4. The van der Waals surface area contributed by atoms with Gasteiger partial charge in [-0.15, -0.1) is 0 Å². The molecule has 7 heteroatoms. The fraction of sp³-hybridized carbons (Fsp3) is 0.450. The number of ether oxygens (including phenoxy) is 1. The predicted molar refractivity (Wildman–Crippen MR) is 102 cm³/mol. The fourth-order valence-electron chi connectivity index (χ4n) is 3.76. The second kappa shape index (κ2) is 6.40. The van der Waals surface area contributed by atoms with E-state index in [4.69, 9.17) is 4.74 Å². The van der Waals surface area contributed by atoms with Crippen molar-refractivity contribution >= 4 is 23.4 Å². The van der Waals surface area contributed by atoms with E-state index >= 15 is 0 Å². The third kappa shape index (κ3) is 3.18. The molecule has 5 rings (SSSR count). The Kier molecular flexibility index (Phi) is 3.88. The first kappa shape index (κ1) is 16.4. The molecule has 0 radical (unpaired) electrons. The maximum Gasteiger partial charge on any atom is 0.410 e. The van der Waals surface area contributed by atoms with Gasteiger partial charge in [0.2, 0.25) is 0 Å². The largest absolute Gasteiger partial charge is 0.446 e. The molecule has 1 saturated heterocycles. The molecule has 0 aromatic carbocycles. The van der Waals surface area contributed by atoms with Gasteiger partial charge in [0.05, 0.1) is 17.7 Å². The zero-order valence-corrected chi connectivity index (χ0v) is 15.5. The standard InChI is InChI=1S/C20H23N5O2/c1-23-12-18(22-13-23)14-10-16-17(11-14)21-5-4-19(16)24-6-8-25(9-7-24)20(26)27-15-2-3-15/h4-5,10,12-13,15H,2-3,6-9,11H2,1H3. The first-order valence-corrected chi connectivity index (χ1v) is 9.54. The molecule has 1 aliphatic heterocycles. The second-order valence-corrected chi connectivity index (χ2v) is 7.52. The van der Waals surface area contributed by atoms with E-state index in [1.807, 2.05) is 35.2 Å². The highest BCUT2D eigenvalue weighted by Gasteiger charge is 2.31. The van der Waals surface area contributed by atoms with Crippen LogP contribution in [0, 0.1) is 0 Å². The molecule has 1 saturated carbocycles. The van der Waals surface area contributed by atoms with E-state index < -0.39 is 0 Å². The molecular weight excluding hydrogens is 342 g/mol. The molecule has 0 bridgehead atoms. The van der Waals surface area contributed by atoms with Crippen LogP contribution in [0.4, 0.5) is 10.5 Å². The molecule has 0 spiro atoms. The lowest BCUT2D eigenvalue weighted by Gasteiger charge is -2.36. The van der Waals surface area contributed by atoms with E-state index in [0.29, 0.717) is 13.1 Å². The second-order valence-electron chi connectivity index (χ2n) is 7.52. The van der Waals surface area contributed by atoms with E-state index in [1.165, 1.54) is 16.8 Å². The number of carbonyl (C=O) groups is 1. The number of aromatic nitrogens is 3. The average Bonchev–Trinajstić information content (AvgIpc) is 3.21. The van der Waals surface area contributed by atoms with Crippen molar-refractivity contribution in [3.63, 3.8) is 0 Å². The number of fused-ring (bicyclic) bond motifs is 1. The van der Waals surface area contributed by atoms with Crippen LogP contribution in [-0.4, -0.2) is 57.8 Å². The molecule has 1 amide bonds. The maximum atomic E-state index is 12.1. The number of anilines is 1. The highest BCUT2D eigenvalue weighted by molar-refractivity contribution is 5.91. The number of piperazine rings is 1. The Morgan fingerprint density at radius 1 is 1.19 bits per heavy atom. The summed E-state index contributed by atoms with van der Waals surface area (Å²) >= 11 is 0. The van der Waals surface area contributed by atoms with Gasteiger partial charge >= 0.3 is 6.09 Å². The minimum atomic E-state index is -0.158. The van der Waals surface area contributed by atoms with Crippen molar-refractivity contribution in [2.24, 2.45) is 7.05 Å². The summed E-state index contributed by atoms with van der Waals surface area (Å²) < 4.78 is 7.39. The lowest BCUT2D eigenvalue weighted by Crippen LogP contribution is -2.49. The highest BCUT2D eigenvalue weighted by atomic mass is 16.6. The highest BCUT2D eigenvalue weighted by Crippen LogP contribution is 2.35. The van der Waals surface area contributed by atoms with E-state index in [-0.39, 0.29) is 12.2 Å². The summed E-state index contributed by atoms with van der Waals surface area (Å²) in [5.74, 6) is 0. The van der Waals surface area contributed by atoms with Crippen molar-refractivity contribution in [1.82, 2.24) is 19.4 Å². The molecule has 140 valence electrons. The molecule has 3 heterocycles. The van der Waals surface area contributed by atoms with Crippen LogP contribution in [0.2, 0.25) is 0 Å². The van der Waals surface area contributed by atoms with Gasteiger partial charge in [-0.1, -0.05) is 0 Å². The van der Waals surface area contributed by atoms with Crippen LogP contribution in [0.25, 0.3) is 11.6 Å². The molecule has 2 fully saturated rings. The molecule has 7 nitrogen and oxygen atoms in total. The fourth-order valence-corrected chi connectivity index (χ4v) is 3.76. The number of hydrogen-bond donors (Lipinski definition) is 0. The monoisotopic (exact) mass is 365 g/mol. The Labute approximate surface area is 158 Å². The van der Waals surface area contributed by atoms with Crippen LogP contribution in [0.1, 0.15) is 29.8 Å². The number of allylic oxidation sites excluding steroid dienone is 1. The van der Waals surface area contributed by atoms with Gasteiger partial charge in [-0.25, -0.2) is 9.78 Å². The van der Waals surface area contributed by atoms with Crippen LogP contribution in [0.15, 0.2) is 24.8 Å². The Bertz CT molecular complexity index is 907. The van der Waals surface area contributed by atoms with Gasteiger partial charge in [0.15, 0.2) is 0 Å². The molecule has 0 atom stereocenters. The lowest BCUT2D eigenvalue weighted by molar-refractivity contribution is 0.0939. The van der Waals surface area contributed by atoms with Gasteiger partial charge in [-0.2, -0.15) is 0 Å². The first-order valence-electron chi connectivity index (χ1n) is 9.54. The summed E-state index contributed by atoms with van der Waals surface area (Å²) in [5.41, 5.74) is 5.70. The summed E-state index contributed by atoms with van der Waals surface area (Å²) in [7, 11) is 1.98. The van der Waals surface area contributed by atoms with Crippen molar-refractivity contribution in [3.05, 3.63) is 41.7 Å². The normalized spacial score (nSPS) is 19.1. The Morgan fingerprint density at radius 3 is 2.70 bits per heavy atom. The smallest absolute Gasteiger partial charge is 0.410 e. The van der Waals surface area contributed by atoms with E-state index in [0.717, 1.165) is 43.7 Å². The minimum Gasteiger partial charge on any atom is -0.446 e. The number of amides is 1. The summed E-state index contributed by atoms with van der Waals surface area (Å²) in [6, 6.07) is 2.08. The molecule has 2 aromatic heterocycles. The van der Waals surface area contributed by atoms with Gasteiger partial charge in [-0.3, -0.25) is 4.98 Å². The van der Waals surface area contributed by atoms with E-state index in [2.05, 4.69) is 27.0 Å². The average molecular weight is 365 g/mol. The number of rotatable bonds is 3. The van der Waals surface area contributed by atoms with Crippen molar-refractivity contribution in [3.8, 4) is 0 Å². The zero-order valence-electron chi connectivity index (χ0n) is 15.5. The lowest BCUT2D eigenvalue weighted by atomic mass is 10.1. The van der Waals surface area contributed by atoms with Crippen molar-refractivity contribution in [2.75, 3.05) is 31.1 Å².